The lowest BCUT2D eigenvalue weighted by Crippen LogP contribution is -2.50. The van der Waals surface area contributed by atoms with Crippen molar-refractivity contribution in [2.45, 2.75) is 16.7 Å². The molecule has 0 radical (unpaired) electrons. The average Bonchev–Trinajstić information content (AvgIpc) is 2.83. The molecule has 1 aliphatic rings. The van der Waals surface area contributed by atoms with Gasteiger partial charge in [0.15, 0.2) is 0 Å². The summed E-state index contributed by atoms with van der Waals surface area (Å²) in [5.41, 5.74) is -0.0716. The Bertz CT molecular complexity index is 1470. The topological polar surface area (TPSA) is 72.5 Å². The maximum atomic E-state index is 13.9. The van der Waals surface area contributed by atoms with E-state index in [0.29, 0.717) is 27.3 Å². The number of carbonyl (C=O) groups excluding carboxylic acids is 1. The first-order chi connectivity index (χ1) is 15.9. The summed E-state index contributed by atoms with van der Waals surface area (Å²) in [6.07, 6.45) is 0.265. The van der Waals surface area contributed by atoms with E-state index < -0.39 is 21.3 Å². The van der Waals surface area contributed by atoms with Crippen LogP contribution in [0.2, 0.25) is 5.02 Å². The van der Waals surface area contributed by atoms with Crippen molar-refractivity contribution >= 4 is 38.3 Å². The van der Waals surface area contributed by atoms with E-state index in [4.69, 9.17) is 16.3 Å². The van der Waals surface area contributed by atoms with Crippen LogP contribution in [0.3, 0.4) is 0 Å². The van der Waals surface area contributed by atoms with Gasteiger partial charge in [0, 0.05) is 22.4 Å². The van der Waals surface area contributed by atoms with Gasteiger partial charge in [-0.2, -0.15) is 0 Å². The summed E-state index contributed by atoms with van der Waals surface area (Å²) in [5.74, 6) is -0.138. The zero-order valence-corrected chi connectivity index (χ0v) is 19.1. The monoisotopic (exact) mass is 477 g/mol. The molecular weight excluding hydrogens is 458 g/mol. The predicted molar refractivity (Wildman–Crippen MR) is 128 cm³/mol. The van der Waals surface area contributed by atoms with Gasteiger partial charge < -0.3 is 4.74 Å². The van der Waals surface area contributed by atoms with E-state index in [1.807, 2.05) is 48.5 Å². The van der Waals surface area contributed by atoms with Crippen LogP contribution in [-0.2, 0) is 20.2 Å². The van der Waals surface area contributed by atoms with Gasteiger partial charge in [-0.15, -0.1) is 0 Å². The molecule has 0 fully saturated rings. The van der Waals surface area contributed by atoms with Crippen molar-refractivity contribution in [2.24, 2.45) is 0 Å². The van der Waals surface area contributed by atoms with Crippen molar-refractivity contribution in [3.8, 4) is 5.75 Å². The molecule has 4 aromatic carbocycles. The van der Waals surface area contributed by atoms with Crippen molar-refractivity contribution in [2.75, 3.05) is 6.61 Å². The Hall–Kier alpha value is -3.35. The number of carbonyl (C=O) groups is 1. The van der Waals surface area contributed by atoms with Crippen molar-refractivity contribution in [1.29, 1.82) is 0 Å². The highest BCUT2D eigenvalue weighted by atomic mass is 35.5. The third-order valence-corrected chi connectivity index (χ3v) is 7.68. The predicted octanol–water partition coefficient (Wildman–Crippen LogP) is 5.07. The van der Waals surface area contributed by atoms with Gasteiger partial charge in [-0.25, -0.2) is 13.1 Å². The first kappa shape index (κ1) is 21.5. The number of benzene rings is 4. The lowest BCUT2D eigenvalue weighted by Gasteiger charge is -2.38. The normalized spacial score (nSPS) is 17.7. The molecule has 0 saturated heterocycles. The Morgan fingerprint density at radius 3 is 2.45 bits per heavy atom. The number of rotatable bonds is 4. The SMILES string of the molecule is O=C(NS(=O)(=O)c1cccc2ccccc12)[C@]1(c2ccccc2)CCOc2ccc(Cl)cc21. The molecule has 0 spiro atoms. The number of halogens is 1. The second kappa shape index (κ2) is 8.21. The Labute approximate surface area is 197 Å². The number of fused-ring (bicyclic) bond motifs is 2. The molecule has 0 saturated carbocycles. The molecule has 0 bridgehead atoms. The Balaban J connectivity index is 1.66. The van der Waals surface area contributed by atoms with Crippen LogP contribution < -0.4 is 9.46 Å². The fourth-order valence-corrected chi connectivity index (χ4v) is 5.93. The van der Waals surface area contributed by atoms with Crippen molar-refractivity contribution in [3.63, 3.8) is 0 Å². The van der Waals surface area contributed by atoms with Gasteiger partial charge in [0.05, 0.1) is 11.5 Å². The van der Waals surface area contributed by atoms with Crippen LogP contribution in [0.5, 0.6) is 5.75 Å². The Morgan fingerprint density at radius 2 is 1.64 bits per heavy atom. The van der Waals surface area contributed by atoms with Crippen LogP contribution in [0.15, 0.2) is 95.9 Å². The lowest BCUT2D eigenvalue weighted by atomic mass is 9.70. The quantitative estimate of drug-likeness (QED) is 0.445. The number of sulfonamides is 1. The maximum Gasteiger partial charge on any atom is 0.264 e. The van der Waals surface area contributed by atoms with E-state index in [1.54, 1.807) is 36.4 Å². The molecule has 1 heterocycles. The van der Waals surface area contributed by atoms with Gasteiger partial charge >= 0.3 is 0 Å². The molecule has 1 amide bonds. The maximum absolute atomic E-state index is 13.9. The summed E-state index contributed by atoms with van der Waals surface area (Å²) in [4.78, 5) is 14.0. The minimum absolute atomic E-state index is 0.0514. The summed E-state index contributed by atoms with van der Waals surface area (Å²) in [6, 6.07) is 26.4. The van der Waals surface area contributed by atoms with E-state index >= 15 is 0 Å². The molecular formula is C26H20ClNO4S. The molecule has 33 heavy (non-hydrogen) atoms. The highest BCUT2D eigenvalue weighted by Crippen LogP contribution is 2.45. The highest BCUT2D eigenvalue weighted by Gasteiger charge is 2.47. The number of hydrogen-bond donors (Lipinski definition) is 1. The van der Waals surface area contributed by atoms with E-state index in [2.05, 4.69) is 4.72 Å². The number of nitrogens with one attached hydrogen (secondary N) is 1. The van der Waals surface area contributed by atoms with Crippen LogP contribution in [0.1, 0.15) is 17.5 Å². The molecule has 0 aromatic heterocycles. The largest absolute Gasteiger partial charge is 0.493 e. The summed E-state index contributed by atoms with van der Waals surface area (Å²) >= 11 is 6.28. The summed E-state index contributed by atoms with van der Waals surface area (Å²) in [5, 5.41) is 1.75. The number of amides is 1. The van der Waals surface area contributed by atoms with Gasteiger partial charge in [0.1, 0.15) is 11.2 Å². The lowest BCUT2D eigenvalue weighted by molar-refractivity contribution is -0.124. The summed E-state index contributed by atoms with van der Waals surface area (Å²) < 4.78 is 35.1. The van der Waals surface area contributed by atoms with Crippen LogP contribution in [0.4, 0.5) is 0 Å². The standard InChI is InChI=1S/C26H20ClNO4S/c27-20-13-14-23-22(17-20)26(15-16-32-23,19-9-2-1-3-10-19)25(29)28-33(30,31)24-12-6-8-18-7-4-5-11-21(18)24/h1-14,17H,15-16H2,(H,28,29)/t26-/m0/s1. The van der Waals surface area contributed by atoms with Crippen molar-refractivity contribution < 1.29 is 17.9 Å². The van der Waals surface area contributed by atoms with Gasteiger partial charge in [0.25, 0.3) is 10.0 Å². The molecule has 1 atom stereocenters. The smallest absolute Gasteiger partial charge is 0.264 e. The van der Waals surface area contributed by atoms with Crippen molar-refractivity contribution in [3.05, 3.63) is 107 Å². The first-order valence-electron chi connectivity index (χ1n) is 10.5. The third-order valence-electron chi connectivity index (χ3n) is 6.06. The van der Waals surface area contributed by atoms with E-state index in [1.165, 1.54) is 6.07 Å². The van der Waals surface area contributed by atoms with Crippen LogP contribution >= 0.6 is 11.6 Å². The summed E-state index contributed by atoms with van der Waals surface area (Å²) in [7, 11) is -4.17. The molecule has 166 valence electrons. The highest BCUT2D eigenvalue weighted by molar-refractivity contribution is 7.90. The second-order valence-electron chi connectivity index (χ2n) is 7.92. The van der Waals surface area contributed by atoms with Gasteiger partial charge in [-0.1, -0.05) is 78.3 Å². The van der Waals surface area contributed by atoms with Crippen LogP contribution in [0, 0.1) is 0 Å². The van der Waals surface area contributed by atoms with Crippen LogP contribution in [-0.4, -0.2) is 20.9 Å². The van der Waals surface area contributed by atoms with E-state index in [0.717, 1.165) is 5.39 Å². The Morgan fingerprint density at radius 1 is 0.909 bits per heavy atom. The van der Waals surface area contributed by atoms with Gasteiger partial charge in [-0.3, -0.25) is 4.79 Å². The fourth-order valence-electron chi connectivity index (χ4n) is 4.49. The number of hydrogen-bond acceptors (Lipinski definition) is 4. The number of ether oxygens (including phenoxy) is 1. The second-order valence-corrected chi connectivity index (χ2v) is 10.0. The van der Waals surface area contributed by atoms with Crippen molar-refractivity contribution in [1.82, 2.24) is 4.72 Å². The minimum Gasteiger partial charge on any atom is -0.493 e. The van der Waals surface area contributed by atoms with E-state index in [-0.39, 0.29) is 17.9 Å². The van der Waals surface area contributed by atoms with Gasteiger partial charge in [0.2, 0.25) is 5.91 Å². The molecule has 5 nitrogen and oxygen atoms in total. The zero-order chi connectivity index (χ0) is 23.1. The Kier molecular flexibility index (Phi) is 5.35. The average molecular weight is 478 g/mol. The third kappa shape index (κ3) is 3.65. The van der Waals surface area contributed by atoms with Gasteiger partial charge in [-0.05, 0) is 35.2 Å². The summed E-state index contributed by atoms with van der Waals surface area (Å²) in [6.45, 7) is 0.255. The zero-order valence-electron chi connectivity index (χ0n) is 17.5. The molecule has 1 aliphatic heterocycles. The molecule has 7 heteroatoms. The van der Waals surface area contributed by atoms with E-state index in [9.17, 15) is 13.2 Å². The molecule has 1 N–H and O–H groups in total. The minimum atomic E-state index is -4.17. The molecule has 0 unspecified atom stereocenters. The molecule has 4 aromatic rings. The first-order valence-corrected chi connectivity index (χ1v) is 12.3. The molecule has 0 aliphatic carbocycles. The molecule has 5 rings (SSSR count). The fraction of sp³-hybridized carbons (Fsp3) is 0.115. The van der Waals surface area contributed by atoms with Crippen LogP contribution in [0.25, 0.3) is 10.8 Å².